The van der Waals surface area contributed by atoms with E-state index in [0.29, 0.717) is 40.9 Å². The first-order chi connectivity index (χ1) is 17.4. The number of hydrogen-bond acceptors (Lipinski definition) is 5. The van der Waals surface area contributed by atoms with Crippen LogP contribution in [0.1, 0.15) is 33.4 Å². The summed E-state index contributed by atoms with van der Waals surface area (Å²) in [7, 11) is 0. The van der Waals surface area contributed by atoms with Gasteiger partial charge in [-0.15, -0.1) is 6.42 Å². The number of fused-ring (bicyclic) bond motifs is 1. The number of aliphatic carboxylic acids is 1. The molecular formula is C28H24N4O4. The highest BCUT2D eigenvalue weighted by Crippen LogP contribution is 2.20. The largest absolute Gasteiger partial charge is 0.479 e. The number of amides is 1. The number of terminal acetylenes is 1. The topological polar surface area (TPSA) is 115 Å². The molecule has 1 atom stereocenters. The second-order valence-electron chi connectivity index (χ2n) is 8.27. The molecular weight excluding hydrogens is 456 g/mol. The number of carbonyl (C=O) groups is 2. The number of hydrogen-bond donors (Lipinski definition) is 3. The van der Waals surface area contributed by atoms with Gasteiger partial charge < -0.3 is 20.3 Å². The maximum absolute atomic E-state index is 12.8. The molecule has 1 amide bonds. The van der Waals surface area contributed by atoms with Gasteiger partial charge in [0.25, 0.3) is 11.5 Å². The lowest BCUT2D eigenvalue weighted by molar-refractivity contribution is -0.139. The van der Waals surface area contributed by atoms with Crippen LogP contribution in [0.3, 0.4) is 0 Å². The summed E-state index contributed by atoms with van der Waals surface area (Å²) in [6, 6.07) is 19.6. The van der Waals surface area contributed by atoms with E-state index >= 15 is 0 Å². The standard InChI is InChI=1S/C28H24N4O4/c1-3-15-32(17-19-9-14-24-23(16-19)27(34)30-18(2)29-24)22-12-10-21(11-13-22)26(33)31-25(28(35)36)20-7-5-4-6-8-20/h1,4-14,16,25H,15,17H2,2H3,(H,31,33)(H,35,36)(H,29,30,34)/t25-/m0/s1. The molecule has 8 nitrogen and oxygen atoms in total. The average Bonchev–Trinajstić information content (AvgIpc) is 2.87. The van der Waals surface area contributed by atoms with Gasteiger partial charge >= 0.3 is 5.97 Å². The molecule has 36 heavy (non-hydrogen) atoms. The summed E-state index contributed by atoms with van der Waals surface area (Å²) >= 11 is 0. The number of carbonyl (C=O) groups excluding carboxylic acids is 1. The summed E-state index contributed by atoms with van der Waals surface area (Å²) < 4.78 is 0. The Hall–Kier alpha value is -4.90. The first-order valence-corrected chi connectivity index (χ1v) is 11.2. The molecule has 0 aliphatic rings. The molecule has 1 aromatic heterocycles. The zero-order chi connectivity index (χ0) is 25.7. The number of carboxylic acids is 1. The van der Waals surface area contributed by atoms with Crippen molar-refractivity contribution in [1.29, 1.82) is 0 Å². The summed E-state index contributed by atoms with van der Waals surface area (Å²) in [4.78, 5) is 45.8. The SMILES string of the molecule is C#CCN(Cc1ccc2nc(C)[nH]c(=O)c2c1)c1ccc(C(=O)N[C@H](C(=O)O)c2ccccc2)cc1. The predicted octanol–water partition coefficient (Wildman–Crippen LogP) is 3.43. The minimum absolute atomic E-state index is 0.201. The molecule has 8 heteroatoms. The number of aromatic amines is 1. The first kappa shape index (κ1) is 24.2. The Bertz CT molecular complexity index is 1510. The summed E-state index contributed by atoms with van der Waals surface area (Å²) in [5.41, 5.74) is 2.87. The van der Waals surface area contributed by atoms with E-state index in [2.05, 4.69) is 21.2 Å². The van der Waals surface area contributed by atoms with Gasteiger partial charge in [-0.25, -0.2) is 9.78 Å². The molecule has 0 radical (unpaired) electrons. The molecule has 3 N–H and O–H groups in total. The van der Waals surface area contributed by atoms with Crippen LogP contribution >= 0.6 is 0 Å². The van der Waals surface area contributed by atoms with E-state index in [9.17, 15) is 19.5 Å². The molecule has 0 saturated heterocycles. The van der Waals surface area contributed by atoms with Crippen molar-refractivity contribution in [1.82, 2.24) is 15.3 Å². The third-order valence-corrected chi connectivity index (χ3v) is 5.69. The van der Waals surface area contributed by atoms with Gasteiger partial charge in [-0.2, -0.15) is 0 Å². The van der Waals surface area contributed by atoms with Gasteiger partial charge in [0.1, 0.15) is 5.82 Å². The summed E-state index contributed by atoms with van der Waals surface area (Å²) in [5, 5.41) is 12.6. The number of nitrogens with one attached hydrogen (secondary N) is 2. The quantitative estimate of drug-likeness (QED) is 0.333. The number of rotatable bonds is 8. The van der Waals surface area contributed by atoms with Crippen molar-refractivity contribution in [3.8, 4) is 12.3 Å². The van der Waals surface area contributed by atoms with Gasteiger partial charge in [-0.3, -0.25) is 9.59 Å². The maximum atomic E-state index is 12.8. The van der Waals surface area contributed by atoms with Crippen LogP contribution in [0.25, 0.3) is 10.9 Å². The van der Waals surface area contributed by atoms with E-state index in [0.717, 1.165) is 11.3 Å². The van der Waals surface area contributed by atoms with Crippen LogP contribution in [0.2, 0.25) is 0 Å². The second kappa shape index (κ2) is 10.6. The zero-order valence-electron chi connectivity index (χ0n) is 19.6. The van der Waals surface area contributed by atoms with Gasteiger partial charge in [-0.1, -0.05) is 42.3 Å². The Kier molecular flexibility index (Phi) is 7.12. The Balaban J connectivity index is 1.52. The van der Waals surface area contributed by atoms with Crippen LogP contribution in [-0.2, 0) is 11.3 Å². The number of aromatic nitrogens is 2. The number of nitrogens with zero attached hydrogens (tertiary/aromatic N) is 2. The molecule has 0 unspecified atom stereocenters. The first-order valence-electron chi connectivity index (χ1n) is 11.2. The van der Waals surface area contributed by atoms with Crippen LogP contribution in [0.4, 0.5) is 5.69 Å². The van der Waals surface area contributed by atoms with Crippen LogP contribution in [0.15, 0.2) is 77.6 Å². The Morgan fingerprint density at radius 3 is 2.50 bits per heavy atom. The fourth-order valence-corrected chi connectivity index (χ4v) is 3.94. The van der Waals surface area contributed by atoms with Crippen molar-refractivity contribution >= 4 is 28.5 Å². The molecule has 180 valence electrons. The normalized spacial score (nSPS) is 11.4. The molecule has 0 bridgehead atoms. The molecule has 3 aromatic carbocycles. The summed E-state index contributed by atoms with van der Waals surface area (Å²) in [6.45, 7) is 2.48. The van der Waals surface area contributed by atoms with Crippen molar-refractivity contribution in [2.45, 2.75) is 19.5 Å². The zero-order valence-corrected chi connectivity index (χ0v) is 19.6. The van der Waals surface area contributed by atoms with Crippen molar-refractivity contribution in [2.75, 3.05) is 11.4 Å². The third-order valence-electron chi connectivity index (χ3n) is 5.69. The molecule has 0 saturated carbocycles. The maximum Gasteiger partial charge on any atom is 0.330 e. The summed E-state index contributed by atoms with van der Waals surface area (Å²) in [5.74, 6) is 1.54. The molecule has 1 heterocycles. The van der Waals surface area contributed by atoms with Crippen molar-refractivity contribution in [3.63, 3.8) is 0 Å². The van der Waals surface area contributed by atoms with Crippen molar-refractivity contribution in [3.05, 3.63) is 106 Å². The number of anilines is 1. The third kappa shape index (κ3) is 5.42. The van der Waals surface area contributed by atoms with Gasteiger partial charge in [0.15, 0.2) is 6.04 Å². The lowest BCUT2D eigenvalue weighted by Gasteiger charge is -2.23. The monoisotopic (exact) mass is 480 g/mol. The average molecular weight is 481 g/mol. The van der Waals surface area contributed by atoms with E-state index in [1.165, 1.54) is 0 Å². The molecule has 0 spiro atoms. The minimum Gasteiger partial charge on any atom is -0.479 e. The molecule has 0 aliphatic heterocycles. The van der Waals surface area contributed by atoms with Crippen LogP contribution < -0.4 is 15.8 Å². The van der Waals surface area contributed by atoms with Crippen LogP contribution in [-0.4, -0.2) is 33.5 Å². The van der Waals surface area contributed by atoms with E-state index < -0.39 is 17.9 Å². The number of benzene rings is 3. The lowest BCUT2D eigenvalue weighted by atomic mass is 10.1. The van der Waals surface area contributed by atoms with Gasteiger partial charge in [0, 0.05) is 17.8 Å². The van der Waals surface area contributed by atoms with Crippen LogP contribution in [0.5, 0.6) is 0 Å². The van der Waals surface area contributed by atoms with E-state index in [4.69, 9.17) is 6.42 Å². The Morgan fingerprint density at radius 1 is 1.11 bits per heavy atom. The van der Waals surface area contributed by atoms with E-state index in [1.807, 2.05) is 11.0 Å². The van der Waals surface area contributed by atoms with Crippen molar-refractivity contribution in [2.24, 2.45) is 0 Å². The highest BCUT2D eigenvalue weighted by molar-refractivity contribution is 5.97. The molecule has 4 rings (SSSR count). The van der Waals surface area contributed by atoms with Gasteiger partial charge in [-0.05, 0) is 54.4 Å². The van der Waals surface area contributed by atoms with Crippen LogP contribution in [0, 0.1) is 19.3 Å². The Labute approximate surface area is 207 Å². The smallest absolute Gasteiger partial charge is 0.330 e. The summed E-state index contributed by atoms with van der Waals surface area (Å²) in [6.07, 6.45) is 5.59. The van der Waals surface area contributed by atoms with Gasteiger partial charge in [0.05, 0.1) is 17.4 Å². The number of H-pyrrole nitrogens is 1. The number of carboxylic acid groups (broad SMARTS) is 1. The molecule has 0 fully saturated rings. The minimum atomic E-state index is -1.16. The number of aryl methyl sites for hydroxylation is 1. The lowest BCUT2D eigenvalue weighted by Crippen LogP contribution is -2.33. The molecule has 0 aliphatic carbocycles. The predicted molar refractivity (Wildman–Crippen MR) is 138 cm³/mol. The van der Waals surface area contributed by atoms with Crippen molar-refractivity contribution < 1.29 is 14.7 Å². The van der Waals surface area contributed by atoms with Gasteiger partial charge in [0.2, 0.25) is 0 Å². The fourth-order valence-electron chi connectivity index (χ4n) is 3.94. The van der Waals surface area contributed by atoms with E-state index in [-0.39, 0.29) is 5.56 Å². The fraction of sp³-hybridized carbons (Fsp3) is 0.143. The highest BCUT2D eigenvalue weighted by atomic mass is 16.4. The Morgan fingerprint density at radius 2 is 1.83 bits per heavy atom. The van der Waals surface area contributed by atoms with E-state index in [1.54, 1.807) is 73.7 Å². The second-order valence-corrected chi connectivity index (χ2v) is 8.27. The molecule has 4 aromatic rings. The highest BCUT2D eigenvalue weighted by Gasteiger charge is 2.22.